The van der Waals surface area contributed by atoms with Crippen molar-refractivity contribution in [3.05, 3.63) is 29.8 Å². The number of morpholine rings is 1. The van der Waals surface area contributed by atoms with Gasteiger partial charge in [-0.3, -0.25) is 4.79 Å². The van der Waals surface area contributed by atoms with Crippen LogP contribution in [-0.4, -0.2) is 38.3 Å². The number of rotatable bonds is 6. The van der Waals surface area contributed by atoms with Crippen molar-refractivity contribution in [3.8, 4) is 5.75 Å². The van der Waals surface area contributed by atoms with E-state index in [1.54, 1.807) is 0 Å². The maximum Gasteiger partial charge on any atom is 0.250 e. The van der Waals surface area contributed by atoms with Crippen LogP contribution in [0.5, 0.6) is 5.75 Å². The molecule has 2 rings (SSSR count). The summed E-state index contributed by atoms with van der Waals surface area (Å²) in [6, 6.07) is 7.78. The topological polar surface area (TPSA) is 59.6 Å². The van der Waals surface area contributed by atoms with E-state index in [0.717, 1.165) is 30.9 Å². The van der Waals surface area contributed by atoms with Crippen molar-refractivity contribution < 1.29 is 14.3 Å². The summed E-state index contributed by atoms with van der Waals surface area (Å²) in [6.45, 7) is 5.28. The van der Waals surface area contributed by atoms with Crippen LogP contribution in [-0.2, 0) is 16.1 Å². The van der Waals surface area contributed by atoms with Crippen LogP contribution in [0.1, 0.15) is 18.9 Å². The Balaban J connectivity index is 0.00000220. The van der Waals surface area contributed by atoms with Crippen LogP contribution < -0.4 is 15.4 Å². The van der Waals surface area contributed by atoms with Gasteiger partial charge in [0, 0.05) is 19.6 Å². The van der Waals surface area contributed by atoms with Crippen LogP contribution in [0.4, 0.5) is 0 Å². The van der Waals surface area contributed by atoms with Crippen molar-refractivity contribution in [1.29, 1.82) is 0 Å². The van der Waals surface area contributed by atoms with Gasteiger partial charge < -0.3 is 20.1 Å². The highest BCUT2D eigenvalue weighted by Gasteiger charge is 2.20. The van der Waals surface area contributed by atoms with Gasteiger partial charge in [0.2, 0.25) is 0 Å². The number of carbonyl (C=O) groups excluding carboxylic acids is 1. The van der Waals surface area contributed by atoms with E-state index >= 15 is 0 Å². The lowest BCUT2D eigenvalue weighted by Crippen LogP contribution is -2.47. The molecule has 0 saturated carbocycles. The highest BCUT2D eigenvalue weighted by Crippen LogP contribution is 2.12. The molecule has 1 atom stereocenters. The minimum absolute atomic E-state index is 0. The third-order valence-electron chi connectivity index (χ3n) is 3.08. The standard InChI is InChI=1S/C15H22N2O3.ClH/c1-2-8-19-13-5-3-12(4-6-13)10-17-15(18)14-11-16-7-9-20-14;/h3-6,14,16H,2,7-11H2,1H3,(H,17,18);1H. The van der Waals surface area contributed by atoms with E-state index in [1.807, 2.05) is 24.3 Å². The van der Waals surface area contributed by atoms with Gasteiger partial charge in [-0.25, -0.2) is 0 Å². The molecule has 0 radical (unpaired) electrons. The second kappa shape index (κ2) is 9.60. The Morgan fingerprint density at radius 1 is 1.43 bits per heavy atom. The number of halogens is 1. The summed E-state index contributed by atoms with van der Waals surface area (Å²) in [7, 11) is 0. The van der Waals surface area contributed by atoms with E-state index in [9.17, 15) is 4.79 Å². The molecule has 0 spiro atoms. The summed E-state index contributed by atoms with van der Waals surface area (Å²) in [5, 5.41) is 6.03. The SMILES string of the molecule is CCCOc1ccc(CNC(=O)C2CNCCO2)cc1.Cl. The zero-order chi connectivity index (χ0) is 14.2. The first-order chi connectivity index (χ1) is 9.79. The average Bonchev–Trinajstić information content (AvgIpc) is 2.52. The molecule has 1 aliphatic heterocycles. The fraction of sp³-hybridized carbons (Fsp3) is 0.533. The summed E-state index contributed by atoms with van der Waals surface area (Å²) in [6.07, 6.45) is 0.615. The summed E-state index contributed by atoms with van der Waals surface area (Å²) in [4.78, 5) is 11.9. The van der Waals surface area contributed by atoms with Crippen LogP contribution in [0.3, 0.4) is 0 Å². The Morgan fingerprint density at radius 2 is 2.19 bits per heavy atom. The van der Waals surface area contributed by atoms with Gasteiger partial charge >= 0.3 is 0 Å². The van der Waals surface area contributed by atoms with E-state index in [4.69, 9.17) is 9.47 Å². The number of ether oxygens (including phenoxy) is 2. The van der Waals surface area contributed by atoms with E-state index in [1.165, 1.54) is 0 Å². The molecule has 6 heteroatoms. The van der Waals surface area contributed by atoms with Crippen molar-refractivity contribution in [1.82, 2.24) is 10.6 Å². The van der Waals surface area contributed by atoms with Gasteiger partial charge in [-0.2, -0.15) is 0 Å². The van der Waals surface area contributed by atoms with Gasteiger partial charge in [0.25, 0.3) is 5.91 Å². The van der Waals surface area contributed by atoms with Gasteiger partial charge in [-0.15, -0.1) is 12.4 Å². The van der Waals surface area contributed by atoms with Crippen molar-refractivity contribution in [2.24, 2.45) is 0 Å². The Hall–Kier alpha value is -1.30. The normalized spacial score (nSPS) is 17.7. The molecule has 0 aliphatic carbocycles. The molecule has 21 heavy (non-hydrogen) atoms. The molecule has 1 aromatic carbocycles. The lowest BCUT2D eigenvalue weighted by Gasteiger charge is -2.22. The highest BCUT2D eigenvalue weighted by molar-refractivity contribution is 5.85. The third-order valence-corrected chi connectivity index (χ3v) is 3.08. The van der Waals surface area contributed by atoms with E-state index in [-0.39, 0.29) is 24.4 Å². The fourth-order valence-electron chi connectivity index (χ4n) is 1.96. The van der Waals surface area contributed by atoms with Gasteiger partial charge in [-0.1, -0.05) is 19.1 Å². The summed E-state index contributed by atoms with van der Waals surface area (Å²) >= 11 is 0. The second-order valence-corrected chi connectivity index (χ2v) is 4.77. The van der Waals surface area contributed by atoms with Gasteiger partial charge in [0.15, 0.2) is 0 Å². The predicted octanol–water partition coefficient (Wildman–Crippen LogP) is 1.50. The number of nitrogens with one attached hydrogen (secondary N) is 2. The molecule has 1 fully saturated rings. The number of benzene rings is 1. The molecule has 2 N–H and O–H groups in total. The van der Waals surface area contributed by atoms with Crippen LogP contribution in [0, 0.1) is 0 Å². The van der Waals surface area contributed by atoms with Crippen molar-refractivity contribution in [2.75, 3.05) is 26.3 Å². The molecule has 5 nitrogen and oxygen atoms in total. The first-order valence-corrected chi connectivity index (χ1v) is 7.11. The van der Waals surface area contributed by atoms with E-state index in [2.05, 4.69) is 17.6 Å². The third kappa shape index (κ3) is 5.91. The molecule has 1 heterocycles. The number of hydrogen-bond acceptors (Lipinski definition) is 4. The molecule has 1 aliphatic rings. The number of carbonyl (C=O) groups is 1. The molecule has 1 aromatic rings. The lowest BCUT2D eigenvalue weighted by atomic mass is 10.2. The van der Waals surface area contributed by atoms with Crippen molar-refractivity contribution in [2.45, 2.75) is 26.0 Å². The molecule has 1 amide bonds. The second-order valence-electron chi connectivity index (χ2n) is 4.77. The smallest absolute Gasteiger partial charge is 0.250 e. The van der Waals surface area contributed by atoms with Crippen LogP contribution in [0.2, 0.25) is 0 Å². The maximum atomic E-state index is 11.9. The largest absolute Gasteiger partial charge is 0.494 e. The van der Waals surface area contributed by atoms with Crippen molar-refractivity contribution in [3.63, 3.8) is 0 Å². The summed E-state index contributed by atoms with van der Waals surface area (Å²) in [5.74, 6) is 0.797. The fourth-order valence-corrected chi connectivity index (χ4v) is 1.96. The highest BCUT2D eigenvalue weighted by atomic mass is 35.5. The van der Waals surface area contributed by atoms with Gasteiger partial charge in [-0.05, 0) is 24.1 Å². The van der Waals surface area contributed by atoms with Gasteiger partial charge in [0.05, 0.1) is 13.2 Å². The molecule has 1 saturated heterocycles. The van der Waals surface area contributed by atoms with E-state index in [0.29, 0.717) is 19.7 Å². The lowest BCUT2D eigenvalue weighted by molar-refractivity contribution is -0.134. The molecular weight excluding hydrogens is 292 g/mol. The van der Waals surface area contributed by atoms with Crippen LogP contribution in [0.15, 0.2) is 24.3 Å². The average molecular weight is 315 g/mol. The molecule has 0 bridgehead atoms. The number of hydrogen-bond donors (Lipinski definition) is 2. The zero-order valence-corrected chi connectivity index (χ0v) is 13.1. The molecule has 0 aromatic heterocycles. The monoisotopic (exact) mass is 314 g/mol. The maximum absolute atomic E-state index is 11.9. The first kappa shape index (κ1) is 17.8. The van der Waals surface area contributed by atoms with Gasteiger partial charge in [0.1, 0.15) is 11.9 Å². The molecular formula is C15H23ClN2O3. The Labute approximate surface area is 131 Å². The first-order valence-electron chi connectivity index (χ1n) is 7.11. The summed E-state index contributed by atoms with van der Waals surface area (Å²) < 4.78 is 10.9. The predicted molar refractivity (Wildman–Crippen MR) is 83.9 cm³/mol. The minimum Gasteiger partial charge on any atom is -0.494 e. The van der Waals surface area contributed by atoms with Crippen LogP contribution >= 0.6 is 12.4 Å². The van der Waals surface area contributed by atoms with Crippen molar-refractivity contribution >= 4 is 18.3 Å². The van der Waals surface area contributed by atoms with Crippen LogP contribution in [0.25, 0.3) is 0 Å². The minimum atomic E-state index is -0.379. The Morgan fingerprint density at radius 3 is 2.81 bits per heavy atom. The quantitative estimate of drug-likeness (QED) is 0.835. The molecule has 1 unspecified atom stereocenters. The molecule has 118 valence electrons. The summed E-state index contributed by atoms with van der Waals surface area (Å²) in [5.41, 5.74) is 1.05. The Bertz CT molecular complexity index is 419. The number of amides is 1. The Kier molecular flexibility index (Phi) is 8.12. The zero-order valence-electron chi connectivity index (χ0n) is 12.3. The van der Waals surface area contributed by atoms with E-state index < -0.39 is 0 Å².